The Hall–Kier alpha value is -3.17. The minimum absolute atomic E-state index is 0.0601. The third-order valence-corrected chi connectivity index (χ3v) is 11.6. The molecule has 2 N–H and O–H groups in total. The van der Waals surface area contributed by atoms with Crippen molar-refractivity contribution in [2.75, 3.05) is 20.1 Å². The molecule has 2 aromatic heterocycles. The van der Waals surface area contributed by atoms with Gasteiger partial charge in [0.2, 0.25) is 11.8 Å². The van der Waals surface area contributed by atoms with Crippen LogP contribution in [-0.2, 0) is 31.7 Å². The highest BCUT2D eigenvalue weighted by molar-refractivity contribution is 7.09. The lowest BCUT2D eigenvalue weighted by atomic mass is 9.91. The maximum absolute atomic E-state index is 14.8. The number of nitrogens with one attached hydrogen (secondary N) is 1. The third kappa shape index (κ3) is 12.3. The highest BCUT2D eigenvalue weighted by atomic mass is 32.1. The Bertz CT molecular complexity index is 1430. The van der Waals surface area contributed by atoms with Crippen molar-refractivity contribution in [3.05, 3.63) is 28.0 Å². The first-order chi connectivity index (χ1) is 23.5. The molecule has 3 rings (SSSR count). The molecule has 0 aromatic carbocycles. The van der Waals surface area contributed by atoms with E-state index in [0.29, 0.717) is 30.8 Å². The van der Waals surface area contributed by atoms with Crippen molar-refractivity contribution in [3.63, 3.8) is 0 Å². The Morgan fingerprint density at radius 2 is 1.88 bits per heavy atom. The predicted molar refractivity (Wildman–Crippen MR) is 196 cm³/mol. The number of piperidine rings is 1. The van der Waals surface area contributed by atoms with Crippen LogP contribution in [0.4, 0.5) is 0 Å². The summed E-state index contributed by atoms with van der Waals surface area (Å²) in [7, 11) is 0.599. The molecule has 5 atom stereocenters. The minimum atomic E-state index is -1.36. The number of likely N-dealkylation sites (tertiary alicyclic amines) is 1. The smallest absolute Gasteiger partial charge is 0.355 e. The molecular weight excluding hydrogens is 675 g/mol. The van der Waals surface area contributed by atoms with Gasteiger partial charge in [0.05, 0.1) is 19.8 Å². The van der Waals surface area contributed by atoms with Crippen LogP contribution in [0.2, 0.25) is 19.6 Å². The van der Waals surface area contributed by atoms with E-state index in [2.05, 4.69) is 45.2 Å². The van der Waals surface area contributed by atoms with Crippen LogP contribution in [0.25, 0.3) is 0 Å². The summed E-state index contributed by atoms with van der Waals surface area (Å²) in [4.78, 5) is 60.5. The van der Waals surface area contributed by atoms with Crippen molar-refractivity contribution in [1.29, 1.82) is 0 Å². The first kappa shape index (κ1) is 41.2. The number of aryl methyl sites for hydroxylation is 1. The second-order valence-corrected chi connectivity index (χ2v) is 21.7. The molecule has 1 saturated heterocycles. The number of carbonyl (C=O) groups is 4. The molecule has 0 aliphatic carbocycles. The van der Waals surface area contributed by atoms with Gasteiger partial charge in [0.1, 0.15) is 11.0 Å². The van der Waals surface area contributed by atoms with E-state index < -0.39 is 38.2 Å². The van der Waals surface area contributed by atoms with Gasteiger partial charge < -0.3 is 20.1 Å². The molecule has 2 amide bonds. The van der Waals surface area contributed by atoms with Crippen LogP contribution in [0.3, 0.4) is 0 Å². The second-order valence-electron chi connectivity index (χ2n) is 15.3. The summed E-state index contributed by atoms with van der Waals surface area (Å²) >= 11 is 1.12. The van der Waals surface area contributed by atoms with Crippen molar-refractivity contribution in [1.82, 2.24) is 35.1 Å². The molecule has 0 bridgehead atoms. The summed E-state index contributed by atoms with van der Waals surface area (Å²) in [6.07, 6.45) is 7.92. The Balaban J connectivity index is 1.91. The summed E-state index contributed by atoms with van der Waals surface area (Å²) in [5.74, 6) is -2.17. The Kier molecular flexibility index (Phi) is 15.6. The summed E-state index contributed by atoms with van der Waals surface area (Å²) in [5.41, 5.74) is 0.793. The molecular formula is C35H59N7O6SSi. The number of carboxylic acids is 1. The SMILES string of the molecule is CC[C@H](C)[C@H](NC(=O)[C@H]1CCCCN1C)C(=O)N(CCCCc1cn(C[Si](C)(C)C)nn1)[C@H](C[C@@H](OC(C)=O)c1nc(C(=O)O)cs1)C(C)C. The molecule has 280 valence electrons. The molecule has 0 radical (unpaired) electrons. The molecule has 3 heterocycles. The van der Waals surface area contributed by atoms with E-state index in [1.807, 2.05) is 50.5 Å². The number of carboxylic acid groups (broad SMARTS) is 1. The zero-order chi connectivity index (χ0) is 37.2. The van der Waals surface area contributed by atoms with Gasteiger partial charge in [-0.15, -0.1) is 16.4 Å². The number of thiazole rings is 1. The summed E-state index contributed by atoms with van der Waals surface area (Å²) in [6, 6.07) is -1.42. The van der Waals surface area contributed by atoms with Crippen molar-refractivity contribution in [2.24, 2.45) is 11.8 Å². The van der Waals surface area contributed by atoms with Gasteiger partial charge in [-0.1, -0.05) is 65.4 Å². The summed E-state index contributed by atoms with van der Waals surface area (Å²) in [5, 5.41) is 23.2. The van der Waals surface area contributed by atoms with Crippen molar-refractivity contribution >= 4 is 43.2 Å². The van der Waals surface area contributed by atoms with Gasteiger partial charge in [0.15, 0.2) is 11.8 Å². The van der Waals surface area contributed by atoms with Gasteiger partial charge in [-0.25, -0.2) is 9.78 Å². The van der Waals surface area contributed by atoms with Crippen LogP contribution in [0.1, 0.15) is 107 Å². The number of nitrogens with zero attached hydrogens (tertiary/aromatic N) is 6. The van der Waals surface area contributed by atoms with Gasteiger partial charge >= 0.3 is 11.9 Å². The van der Waals surface area contributed by atoms with Crippen molar-refractivity contribution < 1.29 is 29.0 Å². The minimum Gasteiger partial charge on any atom is -0.476 e. The highest BCUT2D eigenvalue weighted by Gasteiger charge is 2.38. The van der Waals surface area contributed by atoms with Crippen LogP contribution in [0, 0.1) is 11.8 Å². The lowest BCUT2D eigenvalue weighted by Gasteiger charge is -2.40. The number of rotatable bonds is 19. The van der Waals surface area contributed by atoms with Gasteiger partial charge in [0, 0.05) is 43.7 Å². The summed E-state index contributed by atoms with van der Waals surface area (Å²) in [6.45, 7) is 17.5. The number of ether oxygens (including phenoxy) is 1. The number of hydrogen-bond acceptors (Lipinski definition) is 10. The normalized spacial score (nSPS) is 17.9. The standard InChI is InChI=1S/C35H59N7O6SSi/c1-10-24(4)31(37-32(44)28-16-12-13-17-40(28)6)34(45)42(18-14-11-15-26-20-41(39-38-26)22-50(7,8)9)29(23(2)3)19-30(48-25(5)43)33-36-27(21-49-33)35(46)47/h20-21,23-24,28-31H,10-19,22H2,1-9H3,(H,37,44)(H,46,47)/t24-,28+,29+,30+,31-/m0/s1. The lowest BCUT2D eigenvalue weighted by molar-refractivity contribution is -0.149. The van der Waals surface area contributed by atoms with E-state index in [-0.39, 0.29) is 41.8 Å². The van der Waals surface area contributed by atoms with Crippen LogP contribution in [0.15, 0.2) is 11.6 Å². The fourth-order valence-electron chi connectivity index (χ4n) is 6.47. The van der Waals surface area contributed by atoms with Crippen LogP contribution in [-0.4, -0.2) is 105 Å². The van der Waals surface area contributed by atoms with E-state index in [1.54, 1.807) is 0 Å². The number of likely N-dealkylation sites (N-methyl/N-ethyl adjacent to an activating group) is 1. The van der Waals surface area contributed by atoms with Gasteiger partial charge in [-0.05, 0) is 57.5 Å². The zero-order valence-corrected chi connectivity index (χ0v) is 33.3. The fourth-order valence-corrected chi connectivity index (χ4v) is 8.43. The first-order valence-corrected chi connectivity index (χ1v) is 22.6. The number of hydrogen-bond donors (Lipinski definition) is 2. The van der Waals surface area contributed by atoms with Crippen LogP contribution >= 0.6 is 11.3 Å². The number of carbonyl (C=O) groups excluding carboxylic acids is 3. The summed E-state index contributed by atoms with van der Waals surface area (Å²) < 4.78 is 7.66. The van der Waals surface area contributed by atoms with Gasteiger partial charge in [0.25, 0.3) is 0 Å². The Morgan fingerprint density at radius 1 is 1.16 bits per heavy atom. The fraction of sp³-hybridized carbons (Fsp3) is 0.743. The molecule has 1 fully saturated rings. The van der Waals surface area contributed by atoms with E-state index in [1.165, 1.54) is 12.3 Å². The van der Waals surface area contributed by atoms with E-state index in [0.717, 1.165) is 55.4 Å². The monoisotopic (exact) mass is 733 g/mol. The lowest BCUT2D eigenvalue weighted by Crippen LogP contribution is -2.59. The molecule has 0 unspecified atom stereocenters. The Morgan fingerprint density at radius 3 is 2.46 bits per heavy atom. The molecule has 15 heteroatoms. The topological polar surface area (TPSA) is 160 Å². The number of unbranched alkanes of at least 4 members (excludes halogenated alkanes) is 1. The quantitative estimate of drug-likeness (QED) is 0.112. The number of aromatic carboxylic acids is 1. The molecule has 50 heavy (non-hydrogen) atoms. The van der Waals surface area contributed by atoms with E-state index in [9.17, 15) is 24.3 Å². The first-order valence-electron chi connectivity index (χ1n) is 18.1. The maximum Gasteiger partial charge on any atom is 0.355 e. The van der Waals surface area contributed by atoms with E-state index >= 15 is 0 Å². The number of aromatic nitrogens is 4. The highest BCUT2D eigenvalue weighted by Crippen LogP contribution is 2.32. The van der Waals surface area contributed by atoms with E-state index in [4.69, 9.17) is 4.74 Å². The van der Waals surface area contributed by atoms with Crippen LogP contribution in [0.5, 0.6) is 0 Å². The van der Waals surface area contributed by atoms with Gasteiger partial charge in [-0.3, -0.25) is 24.0 Å². The van der Waals surface area contributed by atoms with Crippen molar-refractivity contribution in [2.45, 2.75) is 136 Å². The zero-order valence-electron chi connectivity index (χ0n) is 31.5. The molecule has 2 aromatic rings. The average molecular weight is 734 g/mol. The molecule has 1 aliphatic rings. The Labute approximate surface area is 302 Å². The predicted octanol–water partition coefficient (Wildman–Crippen LogP) is 5.20. The maximum atomic E-state index is 14.8. The van der Waals surface area contributed by atoms with Gasteiger partial charge in [-0.2, -0.15) is 0 Å². The van der Waals surface area contributed by atoms with Crippen molar-refractivity contribution in [3.8, 4) is 0 Å². The molecule has 13 nitrogen and oxygen atoms in total. The molecule has 0 spiro atoms. The molecule has 1 aliphatic heterocycles. The third-order valence-electron chi connectivity index (χ3n) is 9.39. The van der Waals surface area contributed by atoms with Crippen LogP contribution < -0.4 is 5.32 Å². The second kappa shape index (κ2) is 18.9. The number of amides is 2. The molecule has 0 saturated carbocycles. The average Bonchev–Trinajstić information content (AvgIpc) is 3.71. The largest absolute Gasteiger partial charge is 0.476 e. The number of esters is 1.